The number of nitrogens with one attached hydrogen (secondary N) is 2. The molecule has 0 unspecified atom stereocenters. The van der Waals surface area contributed by atoms with E-state index in [1.165, 1.54) is 59.2 Å². The van der Waals surface area contributed by atoms with Crippen molar-refractivity contribution in [1.29, 1.82) is 0 Å². The van der Waals surface area contributed by atoms with Crippen LogP contribution in [0.3, 0.4) is 0 Å². The van der Waals surface area contributed by atoms with Crippen LogP contribution in [0.25, 0.3) is 11.1 Å². The van der Waals surface area contributed by atoms with Gasteiger partial charge in [0.1, 0.15) is 0 Å². The fraction of sp³-hybridized carbons (Fsp3) is 0.541. The van der Waals surface area contributed by atoms with Crippen LogP contribution in [0.4, 0.5) is 5.69 Å². The number of aromatic nitrogens is 1. The zero-order valence-electron chi connectivity index (χ0n) is 27.8. The van der Waals surface area contributed by atoms with Gasteiger partial charge < -0.3 is 24.8 Å². The maximum Gasteiger partial charge on any atom is 0.252 e. The minimum Gasteiger partial charge on any atom is -0.379 e. The molecule has 1 aromatic heterocycles. The van der Waals surface area contributed by atoms with E-state index in [2.05, 4.69) is 95.4 Å². The quantitative estimate of drug-likeness (QED) is 0.291. The van der Waals surface area contributed by atoms with E-state index >= 15 is 0 Å². The summed E-state index contributed by atoms with van der Waals surface area (Å²) in [4.78, 5) is 23.2. The highest BCUT2D eigenvalue weighted by molar-refractivity contribution is 5.73. The van der Waals surface area contributed by atoms with Crippen molar-refractivity contribution in [3.8, 4) is 11.1 Å². The number of aryl methyl sites for hydroxylation is 2. The molecule has 238 valence electrons. The second kappa shape index (κ2) is 14.9. The molecule has 0 spiro atoms. The van der Waals surface area contributed by atoms with Gasteiger partial charge in [0, 0.05) is 68.3 Å². The number of hydrogen-bond donors (Lipinski definition) is 2. The molecule has 5 rings (SSSR count). The Labute approximate surface area is 264 Å². The third-order valence-corrected chi connectivity index (χ3v) is 9.88. The molecule has 1 saturated carbocycles. The lowest BCUT2D eigenvalue weighted by Gasteiger charge is -2.40. The second-order valence-corrected chi connectivity index (χ2v) is 13.1. The molecule has 1 aliphatic carbocycles. The molecule has 2 fully saturated rings. The number of morpholine rings is 1. The Morgan fingerprint density at radius 2 is 1.59 bits per heavy atom. The molecule has 0 amide bonds. The lowest BCUT2D eigenvalue weighted by Crippen LogP contribution is -2.42. The first kappa shape index (κ1) is 32.4. The van der Waals surface area contributed by atoms with Gasteiger partial charge in [0.15, 0.2) is 0 Å². The Bertz CT molecular complexity index is 1430. The lowest BCUT2D eigenvalue weighted by molar-refractivity contribution is 0.0342. The number of ether oxygens (including phenoxy) is 1. The summed E-state index contributed by atoms with van der Waals surface area (Å²) >= 11 is 0. The third-order valence-electron chi connectivity index (χ3n) is 9.88. The van der Waals surface area contributed by atoms with Crippen molar-refractivity contribution in [2.24, 2.45) is 0 Å². The number of benzene rings is 2. The van der Waals surface area contributed by atoms with Crippen LogP contribution in [0, 0.1) is 20.8 Å². The fourth-order valence-electron chi connectivity index (χ4n) is 7.16. The van der Waals surface area contributed by atoms with E-state index in [0.717, 1.165) is 56.2 Å². The van der Waals surface area contributed by atoms with Crippen LogP contribution in [0.5, 0.6) is 0 Å². The molecule has 0 bridgehead atoms. The minimum atomic E-state index is 0.00353. The van der Waals surface area contributed by atoms with Crippen molar-refractivity contribution in [3.63, 3.8) is 0 Å². The molecular formula is C37H53N5O2. The van der Waals surface area contributed by atoms with E-state index in [1.54, 1.807) is 0 Å². The number of aromatic amines is 1. The predicted octanol–water partition coefficient (Wildman–Crippen LogP) is 5.79. The summed E-state index contributed by atoms with van der Waals surface area (Å²) in [5.41, 5.74) is 10.6. The average Bonchev–Trinajstić information content (AvgIpc) is 3.01. The summed E-state index contributed by atoms with van der Waals surface area (Å²) in [6, 6.07) is 17.2. The lowest BCUT2D eigenvalue weighted by atomic mass is 9.88. The van der Waals surface area contributed by atoms with E-state index < -0.39 is 0 Å². The van der Waals surface area contributed by atoms with Gasteiger partial charge in [-0.15, -0.1) is 0 Å². The zero-order chi connectivity index (χ0) is 31.2. The Kier molecular flexibility index (Phi) is 11.0. The van der Waals surface area contributed by atoms with E-state index in [1.807, 2.05) is 13.8 Å². The highest BCUT2D eigenvalue weighted by Crippen LogP contribution is 2.36. The van der Waals surface area contributed by atoms with Crippen molar-refractivity contribution in [1.82, 2.24) is 20.1 Å². The van der Waals surface area contributed by atoms with Crippen LogP contribution in [0.2, 0.25) is 0 Å². The van der Waals surface area contributed by atoms with Gasteiger partial charge in [-0.1, -0.05) is 24.3 Å². The van der Waals surface area contributed by atoms with Gasteiger partial charge in [0.2, 0.25) is 0 Å². The first-order valence-electron chi connectivity index (χ1n) is 16.6. The van der Waals surface area contributed by atoms with Crippen molar-refractivity contribution in [3.05, 3.63) is 86.3 Å². The van der Waals surface area contributed by atoms with Gasteiger partial charge in [-0.05, 0) is 119 Å². The molecule has 3 aromatic rings. The summed E-state index contributed by atoms with van der Waals surface area (Å²) in [6.45, 7) is 15.4. The molecule has 44 heavy (non-hydrogen) atoms. The van der Waals surface area contributed by atoms with Gasteiger partial charge in [-0.25, -0.2) is 0 Å². The summed E-state index contributed by atoms with van der Waals surface area (Å²) < 4.78 is 5.53. The van der Waals surface area contributed by atoms with Crippen molar-refractivity contribution < 1.29 is 4.74 Å². The van der Waals surface area contributed by atoms with E-state index in [4.69, 9.17) is 4.74 Å². The summed E-state index contributed by atoms with van der Waals surface area (Å²) in [6.07, 6.45) is 4.94. The van der Waals surface area contributed by atoms with Crippen LogP contribution in [-0.2, 0) is 24.4 Å². The average molecular weight is 600 g/mol. The smallest absolute Gasteiger partial charge is 0.252 e. The molecule has 0 atom stereocenters. The van der Waals surface area contributed by atoms with Crippen LogP contribution >= 0.6 is 0 Å². The first-order chi connectivity index (χ1) is 21.2. The van der Waals surface area contributed by atoms with Gasteiger partial charge in [-0.2, -0.15) is 0 Å². The van der Waals surface area contributed by atoms with Crippen LogP contribution in [-0.4, -0.2) is 73.8 Å². The molecule has 2 N–H and O–H groups in total. The number of nitrogens with zero attached hydrogens (tertiary/aromatic N) is 3. The number of hydrogen-bond acceptors (Lipinski definition) is 6. The molecule has 1 saturated heterocycles. The van der Waals surface area contributed by atoms with Crippen LogP contribution in [0.15, 0.2) is 47.3 Å². The van der Waals surface area contributed by atoms with Gasteiger partial charge >= 0.3 is 0 Å². The zero-order valence-corrected chi connectivity index (χ0v) is 27.8. The molecule has 2 aromatic carbocycles. The Hall–Kier alpha value is -2.97. The SMILES string of the molecule is CCN(c1cc(-c2ccc(CN3CCOCC3)cc2)cc(CNCc2c(C)cc(C)[nH]c2=O)c1C)C1CCC(N(C)C)CC1. The Morgan fingerprint density at radius 3 is 2.23 bits per heavy atom. The van der Waals surface area contributed by atoms with Gasteiger partial charge in [-0.3, -0.25) is 9.69 Å². The molecule has 1 aliphatic heterocycles. The highest BCUT2D eigenvalue weighted by Gasteiger charge is 2.28. The highest BCUT2D eigenvalue weighted by atomic mass is 16.5. The molecule has 0 radical (unpaired) electrons. The topological polar surface area (TPSA) is 63.8 Å². The van der Waals surface area contributed by atoms with Gasteiger partial charge in [0.05, 0.1) is 13.2 Å². The van der Waals surface area contributed by atoms with Crippen molar-refractivity contribution >= 4 is 5.69 Å². The molecule has 2 aliphatic rings. The maximum atomic E-state index is 12.7. The monoisotopic (exact) mass is 599 g/mol. The van der Waals surface area contributed by atoms with Crippen LogP contribution < -0.4 is 15.8 Å². The molecule has 2 heterocycles. The maximum absolute atomic E-state index is 12.7. The number of anilines is 1. The Balaban J connectivity index is 1.42. The standard InChI is InChI=1S/C37H53N5O2/c1-7-42(34-14-12-33(13-15-34)40(5)6)36-22-31(30-10-8-29(9-11-30)25-41-16-18-44-19-17-41)21-32(28(36)4)23-38-24-35-26(2)20-27(3)39-37(35)43/h8-11,20-22,33-34,38H,7,12-19,23-25H2,1-6H3,(H,39,43). The molecular weight excluding hydrogens is 546 g/mol. The number of pyridine rings is 1. The number of H-pyrrole nitrogens is 1. The predicted molar refractivity (Wildman–Crippen MR) is 183 cm³/mol. The first-order valence-corrected chi connectivity index (χ1v) is 16.6. The summed E-state index contributed by atoms with van der Waals surface area (Å²) in [5.74, 6) is 0. The minimum absolute atomic E-state index is 0.00353. The number of rotatable bonds is 11. The largest absolute Gasteiger partial charge is 0.379 e. The normalized spacial score (nSPS) is 19.4. The van der Waals surface area contributed by atoms with Crippen molar-refractivity contribution in [2.75, 3.05) is 51.8 Å². The van der Waals surface area contributed by atoms with Crippen LogP contribution in [0.1, 0.15) is 66.1 Å². The summed E-state index contributed by atoms with van der Waals surface area (Å²) in [5, 5.41) is 3.62. The summed E-state index contributed by atoms with van der Waals surface area (Å²) in [7, 11) is 4.43. The Morgan fingerprint density at radius 1 is 0.909 bits per heavy atom. The molecule has 7 nitrogen and oxygen atoms in total. The van der Waals surface area contributed by atoms with E-state index in [9.17, 15) is 4.79 Å². The fourth-order valence-corrected chi connectivity index (χ4v) is 7.16. The third kappa shape index (κ3) is 7.81. The van der Waals surface area contributed by atoms with Crippen molar-refractivity contribution in [2.45, 2.75) is 85.1 Å². The molecule has 7 heteroatoms. The van der Waals surface area contributed by atoms with Gasteiger partial charge in [0.25, 0.3) is 5.56 Å². The van der Waals surface area contributed by atoms with E-state index in [-0.39, 0.29) is 5.56 Å². The second-order valence-electron chi connectivity index (χ2n) is 13.1. The van der Waals surface area contributed by atoms with E-state index in [0.29, 0.717) is 25.2 Å².